The second kappa shape index (κ2) is 8.19. The van der Waals surface area contributed by atoms with E-state index in [4.69, 9.17) is 0 Å². The van der Waals surface area contributed by atoms with Gasteiger partial charge in [-0.2, -0.15) is 0 Å². The summed E-state index contributed by atoms with van der Waals surface area (Å²) < 4.78 is 1.13. The number of rotatable bonds is 3. The first-order valence-corrected chi connectivity index (χ1v) is 14.1. The summed E-state index contributed by atoms with van der Waals surface area (Å²) in [4.78, 5) is 2.41. The van der Waals surface area contributed by atoms with Crippen LogP contribution < -0.4 is 4.90 Å². The number of fused-ring (bicyclic) bond motifs is 6. The molecule has 1 nitrogen and oxygen atoms in total. The predicted molar refractivity (Wildman–Crippen MR) is 164 cm³/mol. The summed E-state index contributed by atoms with van der Waals surface area (Å²) in [7, 11) is 0. The van der Waals surface area contributed by atoms with Crippen molar-refractivity contribution in [2.24, 2.45) is 0 Å². The molecule has 0 spiro atoms. The van der Waals surface area contributed by atoms with Crippen LogP contribution in [0.2, 0.25) is 0 Å². The number of para-hydroxylation sites is 1. The van der Waals surface area contributed by atoms with E-state index in [-0.39, 0.29) is 10.8 Å². The highest BCUT2D eigenvalue weighted by Gasteiger charge is 2.37. The van der Waals surface area contributed by atoms with Gasteiger partial charge < -0.3 is 4.90 Å². The SMILES string of the molecule is CC1(C)c2ccccc2-c2ccc(N(c3ccccc3)c3ccc4c(c3)C(C)(C)c3cc(Br)ccc3-4)cc21. The van der Waals surface area contributed by atoms with E-state index in [9.17, 15) is 0 Å². The van der Waals surface area contributed by atoms with Gasteiger partial charge in [0.2, 0.25) is 0 Å². The molecule has 0 saturated heterocycles. The highest BCUT2D eigenvalue weighted by molar-refractivity contribution is 9.10. The van der Waals surface area contributed by atoms with Crippen molar-refractivity contribution in [2.45, 2.75) is 38.5 Å². The van der Waals surface area contributed by atoms with Crippen molar-refractivity contribution in [1.82, 2.24) is 0 Å². The number of nitrogens with zero attached hydrogens (tertiary/aromatic N) is 1. The van der Waals surface area contributed by atoms with Crippen LogP contribution in [0, 0.1) is 0 Å². The van der Waals surface area contributed by atoms with Gasteiger partial charge in [0, 0.05) is 32.4 Å². The monoisotopic (exact) mass is 555 g/mol. The summed E-state index contributed by atoms with van der Waals surface area (Å²) in [5.74, 6) is 0. The van der Waals surface area contributed by atoms with Crippen LogP contribution >= 0.6 is 15.9 Å². The highest BCUT2D eigenvalue weighted by Crippen LogP contribution is 2.53. The molecule has 2 aliphatic carbocycles. The lowest BCUT2D eigenvalue weighted by Crippen LogP contribution is -2.18. The van der Waals surface area contributed by atoms with Crippen molar-refractivity contribution >= 4 is 33.0 Å². The predicted octanol–water partition coefficient (Wildman–Crippen LogP) is 10.5. The average molecular weight is 557 g/mol. The van der Waals surface area contributed by atoms with E-state index in [2.05, 4.69) is 158 Å². The third kappa shape index (κ3) is 3.29. The number of benzene rings is 5. The topological polar surface area (TPSA) is 3.24 Å². The smallest absolute Gasteiger partial charge is 0.0465 e. The maximum Gasteiger partial charge on any atom is 0.0465 e. The van der Waals surface area contributed by atoms with Gasteiger partial charge in [-0.25, -0.2) is 0 Å². The summed E-state index contributed by atoms with van der Waals surface area (Å²) in [6.45, 7) is 9.38. The lowest BCUT2D eigenvalue weighted by atomic mass is 9.82. The molecule has 0 N–H and O–H groups in total. The Morgan fingerprint density at radius 1 is 0.447 bits per heavy atom. The lowest BCUT2D eigenvalue weighted by molar-refractivity contribution is 0.659. The molecule has 0 radical (unpaired) electrons. The van der Waals surface area contributed by atoms with E-state index in [0.29, 0.717) is 0 Å². The average Bonchev–Trinajstić information content (AvgIpc) is 3.29. The highest BCUT2D eigenvalue weighted by atomic mass is 79.9. The zero-order valence-electron chi connectivity index (χ0n) is 22.2. The first-order chi connectivity index (χ1) is 18.3. The molecule has 5 aromatic carbocycles. The molecule has 2 heteroatoms. The van der Waals surface area contributed by atoms with Gasteiger partial charge in [-0.1, -0.05) is 104 Å². The number of hydrogen-bond donors (Lipinski definition) is 0. The zero-order valence-corrected chi connectivity index (χ0v) is 23.8. The van der Waals surface area contributed by atoms with Gasteiger partial charge in [-0.15, -0.1) is 0 Å². The Balaban J connectivity index is 1.41. The van der Waals surface area contributed by atoms with Gasteiger partial charge in [0.15, 0.2) is 0 Å². The van der Waals surface area contributed by atoms with Crippen LogP contribution in [0.25, 0.3) is 22.3 Å². The minimum atomic E-state index is -0.0750. The Morgan fingerprint density at radius 2 is 0.921 bits per heavy atom. The van der Waals surface area contributed by atoms with E-state index in [1.54, 1.807) is 0 Å². The van der Waals surface area contributed by atoms with E-state index in [1.807, 2.05) is 0 Å². The summed E-state index contributed by atoms with van der Waals surface area (Å²) in [6, 6.07) is 40.3. The van der Waals surface area contributed by atoms with Crippen molar-refractivity contribution in [3.63, 3.8) is 0 Å². The lowest BCUT2D eigenvalue weighted by Gasteiger charge is -2.29. The Labute approximate surface area is 233 Å². The zero-order chi connectivity index (χ0) is 26.2. The van der Waals surface area contributed by atoms with Crippen molar-refractivity contribution in [3.8, 4) is 22.3 Å². The molecule has 0 amide bonds. The minimum Gasteiger partial charge on any atom is -0.310 e. The summed E-state index contributed by atoms with van der Waals surface area (Å²) >= 11 is 3.70. The van der Waals surface area contributed by atoms with Crippen molar-refractivity contribution in [1.29, 1.82) is 0 Å². The number of hydrogen-bond acceptors (Lipinski definition) is 1. The Bertz CT molecular complexity index is 1730. The molecule has 0 aromatic heterocycles. The third-order valence-electron chi connectivity index (χ3n) is 8.72. The largest absolute Gasteiger partial charge is 0.310 e. The molecule has 7 rings (SSSR count). The molecule has 38 heavy (non-hydrogen) atoms. The van der Waals surface area contributed by atoms with Crippen molar-refractivity contribution in [3.05, 3.63) is 136 Å². The molecule has 0 heterocycles. The standard InChI is InChI=1S/C36H30BrN/c1-35(2)31-13-9-8-12-27(31)29-18-15-25(21-33(29)35)38(24-10-6-5-7-11-24)26-16-19-30-28-17-14-23(37)20-32(28)36(3,4)34(30)22-26/h5-22H,1-4H3. The Kier molecular flexibility index (Phi) is 5.06. The Hall–Kier alpha value is -3.62. The van der Waals surface area contributed by atoms with Crippen LogP contribution in [0.4, 0.5) is 17.1 Å². The summed E-state index contributed by atoms with van der Waals surface area (Å²) in [6.07, 6.45) is 0. The maximum absolute atomic E-state index is 3.70. The van der Waals surface area contributed by atoms with Gasteiger partial charge >= 0.3 is 0 Å². The number of anilines is 3. The van der Waals surface area contributed by atoms with E-state index < -0.39 is 0 Å². The van der Waals surface area contributed by atoms with Crippen LogP contribution in [0.5, 0.6) is 0 Å². The van der Waals surface area contributed by atoms with Gasteiger partial charge in [0.05, 0.1) is 0 Å². The molecular weight excluding hydrogens is 526 g/mol. The third-order valence-corrected chi connectivity index (χ3v) is 9.21. The van der Waals surface area contributed by atoms with Crippen molar-refractivity contribution < 1.29 is 0 Å². The molecular formula is C36H30BrN. The quantitative estimate of drug-likeness (QED) is 0.214. The van der Waals surface area contributed by atoms with Crippen LogP contribution in [0.3, 0.4) is 0 Å². The summed E-state index contributed by atoms with van der Waals surface area (Å²) in [5.41, 5.74) is 14.3. The fraction of sp³-hybridized carbons (Fsp3) is 0.167. The first kappa shape index (κ1) is 23.5. The number of halogens is 1. The van der Waals surface area contributed by atoms with Crippen LogP contribution in [0.1, 0.15) is 49.9 Å². The molecule has 186 valence electrons. The molecule has 0 bridgehead atoms. The molecule has 0 unspecified atom stereocenters. The van der Waals surface area contributed by atoms with Gasteiger partial charge in [0.1, 0.15) is 0 Å². The molecule has 0 fully saturated rings. The second-order valence-corrected chi connectivity index (χ2v) is 12.5. The second-order valence-electron chi connectivity index (χ2n) is 11.6. The van der Waals surface area contributed by atoms with E-state index in [0.717, 1.165) is 10.2 Å². The van der Waals surface area contributed by atoms with E-state index in [1.165, 1.54) is 55.9 Å². The molecule has 2 aliphatic rings. The molecule has 0 aliphatic heterocycles. The normalized spacial score (nSPS) is 15.4. The van der Waals surface area contributed by atoms with E-state index >= 15 is 0 Å². The van der Waals surface area contributed by atoms with Crippen LogP contribution in [-0.2, 0) is 10.8 Å². The molecule has 0 saturated carbocycles. The Morgan fingerprint density at radius 3 is 1.55 bits per heavy atom. The molecule has 0 atom stereocenters. The minimum absolute atomic E-state index is 0.0424. The van der Waals surface area contributed by atoms with Gasteiger partial charge in [-0.05, 0) is 93.0 Å². The molecule has 5 aromatic rings. The van der Waals surface area contributed by atoms with Crippen LogP contribution in [-0.4, -0.2) is 0 Å². The van der Waals surface area contributed by atoms with Crippen LogP contribution in [0.15, 0.2) is 114 Å². The maximum atomic E-state index is 3.70. The summed E-state index contributed by atoms with van der Waals surface area (Å²) in [5, 5.41) is 0. The fourth-order valence-electron chi connectivity index (χ4n) is 6.69. The van der Waals surface area contributed by atoms with Crippen molar-refractivity contribution in [2.75, 3.05) is 4.90 Å². The van der Waals surface area contributed by atoms with Gasteiger partial charge in [0.25, 0.3) is 0 Å². The fourth-order valence-corrected chi connectivity index (χ4v) is 7.05. The van der Waals surface area contributed by atoms with Gasteiger partial charge in [-0.3, -0.25) is 0 Å². The first-order valence-electron chi connectivity index (χ1n) is 13.3.